The van der Waals surface area contributed by atoms with Gasteiger partial charge in [-0.05, 0) is 43.7 Å². The summed E-state index contributed by atoms with van der Waals surface area (Å²) in [6.07, 6.45) is 0. The molecule has 7 nitrogen and oxygen atoms in total. The number of nitrogens with zero attached hydrogens (tertiary/aromatic N) is 3. The summed E-state index contributed by atoms with van der Waals surface area (Å²) in [4.78, 5) is 12.6. The van der Waals surface area contributed by atoms with E-state index < -0.39 is 10.0 Å². The van der Waals surface area contributed by atoms with Crippen molar-refractivity contribution in [3.05, 3.63) is 77.1 Å². The summed E-state index contributed by atoms with van der Waals surface area (Å²) in [5.41, 5.74) is 3.25. The van der Waals surface area contributed by atoms with Crippen molar-refractivity contribution in [2.24, 2.45) is 0 Å². The molecule has 0 unspecified atom stereocenters. The maximum atomic E-state index is 12.5. The van der Waals surface area contributed by atoms with Gasteiger partial charge in [0, 0.05) is 25.3 Å². The summed E-state index contributed by atoms with van der Waals surface area (Å²) in [6, 6.07) is 16.4. The third-order valence-corrected chi connectivity index (χ3v) is 6.70. The predicted molar refractivity (Wildman–Crippen MR) is 113 cm³/mol. The summed E-state index contributed by atoms with van der Waals surface area (Å²) in [5.74, 6) is -0.187. The van der Waals surface area contributed by atoms with E-state index in [0.29, 0.717) is 23.5 Å². The van der Waals surface area contributed by atoms with Gasteiger partial charge in [0.05, 0.1) is 17.9 Å². The summed E-state index contributed by atoms with van der Waals surface area (Å²) in [6.45, 7) is 3.85. The average Bonchev–Trinajstić information content (AvgIpc) is 2.96. The number of carbonyl (C=O) groups is 1. The van der Waals surface area contributed by atoms with Gasteiger partial charge < -0.3 is 5.32 Å². The van der Waals surface area contributed by atoms with Crippen molar-refractivity contribution < 1.29 is 13.2 Å². The van der Waals surface area contributed by atoms with E-state index in [1.54, 1.807) is 30.7 Å². The number of para-hydroxylation sites is 1. The Bertz CT molecular complexity index is 1120. The Balaban J connectivity index is 1.78. The van der Waals surface area contributed by atoms with Crippen molar-refractivity contribution >= 4 is 21.6 Å². The number of rotatable bonds is 6. The number of aromatic nitrogens is 2. The number of sulfonamides is 1. The van der Waals surface area contributed by atoms with Crippen LogP contribution in [-0.2, 0) is 16.6 Å². The molecular weight excluding hydrogens is 388 g/mol. The van der Waals surface area contributed by atoms with Crippen molar-refractivity contribution in [3.8, 4) is 0 Å². The second-order valence-corrected chi connectivity index (χ2v) is 9.05. The zero-order valence-electron chi connectivity index (χ0n) is 16.9. The molecule has 0 bridgehead atoms. The topological polar surface area (TPSA) is 84.3 Å². The number of amides is 1. The molecule has 0 aliphatic rings. The summed E-state index contributed by atoms with van der Waals surface area (Å²) in [7, 11) is -0.551. The van der Waals surface area contributed by atoms with E-state index in [1.807, 2.05) is 42.5 Å². The highest BCUT2D eigenvalue weighted by Gasteiger charge is 2.26. The molecule has 0 atom stereocenters. The van der Waals surface area contributed by atoms with Crippen LogP contribution in [-0.4, -0.2) is 42.5 Å². The molecule has 0 saturated heterocycles. The first-order chi connectivity index (χ1) is 13.7. The van der Waals surface area contributed by atoms with Crippen LogP contribution in [0.4, 0.5) is 5.69 Å². The van der Waals surface area contributed by atoms with Gasteiger partial charge in [0.2, 0.25) is 10.0 Å². The first-order valence-corrected chi connectivity index (χ1v) is 10.6. The van der Waals surface area contributed by atoms with Crippen molar-refractivity contribution in [1.82, 2.24) is 14.1 Å². The molecule has 3 rings (SSSR count). The zero-order chi connectivity index (χ0) is 21.2. The van der Waals surface area contributed by atoms with Crippen LogP contribution >= 0.6 is 0 Å². The number of carbonyl (C=O) groups excluding carboxylic acids is 1. The Morgan fingerprint density at radius 1 is 1.03 bits per heavy atom. The predicted octanol–water partition coefficient (Wildman–Crippen LogP) is 3.05. The van der Waals surface area contributed by atoms with Crippen LogP contribution in [0.2, 0.25) is 0 Å². The third-order valence-electron chi connectivity index (χ3n) is 4.63. The maximum Gasteiger partial charge on any atom is 0.255 e. The molecule has 3 aromatic rings. The average molecular weight is 413 g/mol. The number of hydrogen-bond acceptors (Lipinski definition) is 4. The summed E-state index contributed by atoms with van der Waals surface area (Å²) >= 11 is 0. The van der Waals surface area contributed by atoms with Gasteiger partial charge in [-0.2, -0.15) is 5.10 Å². The van der Waals surface area contributed by atoms with E-state index in [4.69, 9.17) is 0 Å². The molecule has 0 spiro atoms. The van der Waals surface area contributed by atoms with Gasteiger partial charge in [-0.25, -0.2) is 12.7 Å². The number of nitrogens with one attached hydrogen (secondary N) is 1. The van der Waals surface area contributed by atoms with Crippen LogP contribution in [0.3, 0.4) is 0 Å². The van der Waals surface area contributed by atoms with Crippen LogP contribution in [0.1, 0.15) is 27.3 Å². The zero-order valence-corrected chi connectivity index (χ0v) is 17.7. The molecule has 1 amide bonds. The summed E-state index contributed by atoms with van der Waals surface area (Å²) < 4.78 is 27.9. The van der Waals surface area contributed by atoms with Gasteiger partial charge in [-0.3, -0.25) is 9.48 Å². The monoisotopic (exact) mass is 412 g/mol. The molecule has 1 aromatic heterocycles. The first-order valence-electron chi connectivity index (χ1n) is 9.12. The molecule has 0 aliphatic heterocycles. The molecule has 2 aromatic carbocycles. The fourth-order valence-corrected chi connectivity index (χ4v) is 4.31. The van der Waals surface area contributed by atoms with E-state index in [9.17, 15) is 13.2 Å². The van der Waals surface area contributed by atoms with Crippen LogP contribution in [0.5, 0.6) is 0 Å². The summed E-state index contributed by atoms with van der Waals surface area (Å²) in [5, 5.41) is 7.25. The van der Waals surface area contributed by atoms with Crippen LogP contribution in [0.15, 0.2) is 59.5 Å². The quantitative estimate of drug-likeness (QED) is 0.674. The first kappa shape index (κ1) is 20.8. The molecule has 1 heterocycles. The Labute approximate surface area is 171 Å². The van der Waals surface area contributed by atoms with E-state index in [-0.39, 0.29) is 10.8 Å². The largest absolute Gasteiger partial charge is 0.322 e. The Hall–Kier alpha value is -2.97. The molecule has 1 N–H and O–H groups in total. The highest BCUT2D eigenvalue weighted by Crippen LogP contribution is 2.22. The molecule has 152 valence electrons. The smallest absolute Gasteiger partial charge is 0.255 e. The minimum Gasteiger partial charge on any atom is -0.322 e. The second kappa shape index (κ2) is 8.18. The maximum absolute atomic E-state index is 12.5. The van der Waals surface area contributed by atoms with Gasteiger partial charge in [0.1, 0.15) is 4.90 Å². The van der Waals surface area contributed by atoms with E-state index in [1.165, 1.54) is 18.4 Å². The van der Waals surface area contributed by atoms with Crippen LogP contribution < -0.4 is 5.32 Å². The molecule has 0 radical (unpaired) electrons. The number of benzene rings is 2. The van der Waals surface area contributed by atoms with Crippen LogP contribution in [0, 0.1) is 13.8 Å². The molecule has 8 heteroatoms. The second-order valence-electron chi connectivity index (χ2n) is 6.96. The highest BCUT2D eigenvalue weighted by atomic mass is 32.2. The van der Waals surface area contributed by atoms with Gasteiger partial charge in [-0.15, -0.1) is 0 Å². The van der Waals surface area contributed by atoms with E-state index in [2.05, 4.69) is 10.4 Å². The molecular formula is C21H24N4O3S. The van der Waals surface area contributed by atoms with Crippen molar-refractivity contribution in [2.45, 2.75) is 25.3 Å². The molecule has 0 aliphatic carbocycles. The van der Waals surface area contributed by atoms with Crippen molar-refractivity contribution in [1.29, 1.82) is 0 Å². The number of aryl methyl sites for hydroxylation is 1. The lowest BCUT2D eigenvalue weighted by molar-refractivity contribution is 0.102. The minimum absolute atomic E-state index is 0.187. The van der Waals surface area contributed by atoms with Crippen LogP contribution in [0.25, 0.3) is 0 Å². The molecule has 0 fully saturated rings. The highest BCUT2D eigenvalue weighted by molar-refractivity contribution is 7.89. The van der Waals surface area contributed by atoms with E-state index in [0.717, 1.165) is 11.3 Å². The fraction of sp³-hybridized carbons (Fsp3) is 0.238. The minimum atomic E-state index is -3.56. The normalized spacial score (nSPS) is 11.6. The van der Waals surface area contributed by atoms with Gasteiger partial charge in [0.15, 0.2) is 0 Å². The third kappa shape index (κ3) is 4.38. The standard InChI is InChI=1S/C21H24N4O3S/c1-15-20(29(27,28)24(3)4)16(2)25(23-15)14-17-10-12-18(13-11-17)21(26)22-19-8-6-5-7-9-19/h5-13H,14H2,1-4H3,(H,22,26). The SMILES string of the molecule is Cc1nn(Cc2ccc(C(=O)Nc3ccccc3)cc2)c(C)c1S(=O)(=O)N(C)C. The molecule has 29 heavy (non-hydrogen) atoms. The van der Waals surface area contributed by atoms with E-state index >= 15 is 0 Å². The Morgan fingerprint density at radius 3 is 2.24 bits per heavy atom. The van der Waals surface area contributed by atoms with Crippen molar-refractivity contribution in [3.63, 3.8) is 0 Å². The number of anilines is 1. The van der Waals surface area contributed by atoms with Crippen molar-refractivity contribution in [2.75, 3.05) is 19.4 Å². The van der Waals surface area contributed by atoms with Gasteiger partial charge >= 0.3 is 0 Å². The molecule has 0 saturated carbocycles. The lowest BCUT2D eigenvalue weighted by atomic mass is 10.1. The Kier molecular flexibility index (Phi) is 5.86. The fourth-order valence-electron chi connectivity index (χ4n) is 3.05. The van der Waals surface area contributed by atoms with Gasteiger partial charge in [0.25, 0.3) is 5.91 Å². The lowest BCUT2D eigenvalue weighted by Gasteiger charge is -2.12. The number of hydrogen-bond donors (Lipinski definition) is 1. The lowest BCUT2D eigenvalue weighted by Crippen LogP contribution is -2.23. The van der Waals surface area contributed by atoms with Gasteiger partial charge in [-0.1, -0.05) is 30.3 Å². The Morgan fingerprint density at radius 2 is 1.66 bits per heavy atom.